The van der Waals surface area contributed by atoms with Gasteiger partial charge in [-0.1, -0.05) is 30.3 Å². The predicted molar refractivity (Wildman–Crippen MR) is 119 cm³/mol. The van der Waals surface area contributed by atoms with Crippen molar-refractivity contribution in [2.24, 2.45) is 0 Å². The lowest BCUT2D eigenvalue weighted by Crippen LogP contribution is -2.71. The van der Waals surface area contributed by atoms with Crippen LogP contribution in [0.15, 0.2) is 41.6 Å². The molecule has 3 N–H and O–H groups in total. The van der Waals surface area contributed by atoms with E-state index in [1.54, 1.807) is 30.3 Å². The number of aliphatic carboxylic acids is 1. The highest BCUT2D eigenvalue weighted by Gasteiger charge is 2.54. The van der Waals surface area contributed by atoms with Gasteiger partial charge < -0.3 is 20.5 Å². The molecular formula is C20H21N3O9S2. The summed E-state index contributed by atoms with van der Waals surface area (Å²) in [6.45, 7) is -0.411. The molecule has 0 saturated carbocycles. The van der Waals surface area contributed by atoms with E-state index >= 15 is 0 Å². The Bertz CT molecular complexity index is 1150. The number of carboxylic acid groups (broad SMARTS) is 1. The molecular weight excluding hydrogens is 490 g/mol. The van der Waals surface area contributed by atoms with E-state index in [1.807, 2.05) is 0 Å². The average molecular weight is 512 g/mol. The minimum atomic E-state index is -3.36. The van der Waals surface area contributed by atoms with Crippen molar-refractivity contribution in [3.05, 3.63) is 47.2 Å². The smallest absolute Gasteiger partial charge is 0.408 e. The Hall–Kier alpha value is -3.39. The molecule has 1 aromatic rings. The number of fused-ring (bicyclic) bond motifs is 1. The molecule has 2 aliphatic heterocycles. The fraction of sp³-hybridized carbons (Fsp3) is 0.350. The number of carboxylic acids is 1. The van der Waals surface area contributed by atoms with Crippen LogP contribution < -0.4 is 10.6 Å². The van der Waals surface area contributed by atoms with Crippen LogP contribution in [0.1, 0.15) is 11.6 Å². The van der Waals surface area contributed by atoms with Crippen molar-refractivity contribution >= 4 is 51.8 Å². The summed E-state index contributed by atoms with van der Waals surface area (Å²) in [5.74, 6) is -3.22. The molecule has 1 aromatic carbocycles. The van der Waals surface area contributed by atoms with Crippen molar-refractivity contribution in [3.63, 3.8) is 0 Å². The minimum absolute atomic E-state index is 0.0347. The monoisotopic (exact) mass is 511 g/mol. The number of sulfone groups is 1. The number of carbonyl (C=O) groups excluding carboxylic acids is 4. The molecule has 1 saturated heterocycles. The second-order valence-corrected chi connectivity index (χ2v) is 10.8. The zero-order valence-electron chi connectivity index (χ0n) is 17.8. The van der Waals surface area contributed by atoms with Gasteiger partial charge in [-0.2, -0.15) is 0 Å². The predicted octanol–water partition coefficient (Wildman–Crippen LogP) is -0.564. The van der Waals surface area contributed by atoms with Crippen molar-refractivity contribution in [1.29, 1.82) is 0 Å². The topological polar surface area (TPSA) is 176 Å². The minimum Gasteiger partial charge on any atom is -0.477 e. The molecule has 1 unspecified atom stereocenters. The van der Waals surface area contributed by atoms with Crippen LogP contribution in [0.5, 0.6) is 0 Å². The summed E-state index contributed by atoms with van der Waals surface area (Å²) in [4.78, 5) is 61.5. The fourth-order valence-corrected chi connectivity index (χ4v) is 5.04. The summed E-state index contributed by atoms with van der Waals surface area (Å²) >= 11 is 1.12. The maximum atomic E-state index is 13.0. The third kappa shape index (κ3) is 5.56. The van der Waals surface area contributed by atoms with Crippen molar-refractivity contribution in [1.82, 2.24) is 15.5 Å². The highest BCUT2D eigenvalue weighted by molar-refractivity contribution is 8.00. The number of carbonyl (C=O) groups is 5. The van der Waals surface area contributed by atoms with Gasteiger partial charge in [0, 0.05) is 17.6 Å². The van der Waals surface area contributed by atoms with Crippen LogP contribution in [0.2, 0.25) is 0 Å². The fourth-order valence-electron chi connectivity index (χ4n) is 3.36. The molecule has 2 aliphatic rings. The molecule has 12 nitrogen and oxygen atoms in total. The first-order valence-electron chi connectivity index (χ1n) is 9.86. The maximum absolute atomic E-state index is 13.0. The van der Waals surface area contributed by atoms with E-state index in [0.717, 1.165) is 22.9 Å². The SMILES string of the molecule is CS(=O)(=O)CCOC(=O)NC(C(=O)N[C@@H]1C(=O)N2C(C(=O)O)=C(C=O)CS[C@@H]12)c1ccccc1. The molecule has 3 rings (SSSR count). The number of β-lactam (4-membered cyclic amide) rings is 1. The van der Waals surface area contributed by atoms with Gasteiger partial charge in [-0.05, 0) is 5.56 Å². The van der Waals surface area contributed by atoms with E-state index < -0.39 is 69.2 Å². The van der Waals surface area contributed by atoms with E-state index in [1.165, 1.54) is 0 Å². The summed E-state index contributed by atoms with van der Waals surface area (Å²) in [5.41, 5.74) is -0.0802. The van der Waals surface area contributed by atoms with E-state index in [-0.39, 0.29) is 11.3 Å². The third-order valence-corrected chi connectivity index (χ3v) is 7.20. The van der Waals surface area contributed by atoms with Crippen LogP contribution in [0.4, 0.5) is 4.79 Å². The van der Waals surface area contributed by atoms with E-state index in [0.29, 0.717) is 11.8 Å². The van der Waals surface area contributed by atoms with Gasteiger partial charge in [-0.25, -0.2) is 18.0 Å². The first kappa shape index (κ1) is 25.2. The van der Waals surface area contributed by atoms with Crippen LogP contribution in [0.25, 0.3) is 0 Å². The number of ether oxygens (including phenoxy) is 1. The number of nitrogens with zero attached hydrogens (tertiary/aromatic N) is 1. The van der Waals surface area contributed by atoms with E-state index in [9.17, 15) is 37.5 Å². The van der Waals surface area contributed by atoms with Crippen LogP contribution in [0.3, 0.4) is 0 Å². The Morgan fingerprint density at radius 3 is 2.56 bits per heavy atom. The third-order valence-electron chi connectivity index (χ3n) is 4.98. The molecule has 0 aromatic heterocycles. The Morgan fingerprint density at radius 1 is 1.29 bits per heavy atom. The second-order valence-electron chi connectivity index (χ2n) is 7.45. The number of benzene rings is 1. The first-order valence-corrected chi connectivity index (χ1v) is 13.0. The lowest BCUT2D eigenvalue weighted by Gasteiger charge is -2.49. The number of hydrogen-bond donors (Lipinski definition) is 3. The van der Waals surface area contributed by atoms with Gasteiger partial charge in [0.2, 0.25) is 5.91 Å². The van der Waals surface area contributed by atoms with Gasteiger partial charge >= 0.3 is 12.1 Å². The Labute approximate surface area is 198 Å². The van der Waals surface area contributed by atoms with Crippen molar-refractivity contribution in [2.45, 2.75) is 17.5 Å². The first-order chi connectivity index (χ1) is 16.0. The summed E-state index contributed by atoms with van der Waals surface area (Å²) in [7, 11) is -3.36. The maximum Gasteiger partial charge on any atom is 0.408 e. The molecule has 2 heterocycles. The van der Waals surface area contributed by atoms with Crippen LogP contribution >= 0.6 is 11.8 Å². The lowest BCUT2D eigenvalue weighted by atomic mass is 10.0. The van der Waals surface area contributed by atoms with Crippen molar-refractivity contribution in [2.75, 3.05) is 24.4 Å². The number of nitrogens with one attached hydrogen (secondary N) is 2. The number of amides is 3. The highest BCUT2D eigenvalue weighted by atomic mass is 32.2. The molecule has 0 spiro atoms. The van der Waals surface area contributed by atoms with E-state index in [4.69, 9.17) is 4.74 Å². The lowest BCUT2D eigenvalue weighted by molar-refractivity contribution is -0.151. The second kappa shape index (κ2) is 10.3. The van der Waals surface area contributed by atoms with E-state index in [2.05, 4.69) is 10.6 Å². The Morgan fingerprint density at radius 2 is 1.97 bits per heavy atom. The van der Waals surface area contributed by atoms with Crippen LogP contribution in [-0.2, 0) is 33.8 Å². The standard InChI is InChI=1S/C20H21N3O9S2/c1-34(30,31)8-7-32-20(29)22-13(11-5-3-2-4-6-11)16(25)21-14-17(26)23-15(19(27)28)12(9-24)10-33-18(14)23/h2-6,9,13-14,18H,7-8,10H2,1H3,(H,21,25)(H,22,29)(H,27,28)/t13?,14-,18+/m1/s1. The van der Waals surface area contributed by atoms with Crippen molar-refractivity contribution in [3.8, 4) is 0 Å². The van der Waals surface area contributed by atoms with Gasteiger partial charge in [0.1, 0.15) is 36.0 Å². The molecule has 182 valence electrons. The molecule has 0 bridgehead atoms. The average Bonchev–Trinajstić information content (AvgIpc) is 2.79. The molecule has 3 amide bonds. The van der Waals surface area contributed by atoms with Gasteiger partial charge in [0.25, 0.3) is 5.91 Å². The molecule has 0 radical (unpaired) electrons. The molecule has 34 heavy (non-hydrogen) atoms. The number of alkyl carbamates (subject to hydrolysis) is 1. The molecule has 0 aliphatic carbocycles. The van der Waals surface area contributed by atoms with Gasteiger partial charge in [0.15, 0.2) is 9.84 Å². The summed E-state index contributed by atoms with van der Waals surface area (Å²) in [6, 6.07) is 5.73. The molecule has 3 atom stereocenters. The van der Waals surface area contributed by atoms with Crippen LogP contribution in [-0.4, -0.2) is 84.4 Å². The zero-order chi connectivity index (χ0) is 25.0. The van der Waals surface area contributed by atoms with Gasteiger partial charge in [0.05, 0.1) is 5.75 Å². The number of hydrogen-bond acceptors (Lipinski definition) is 9. The van der Waals surface area contributed by atoms with Gasteiger partial charge in [-0.3, -0.25) is 19.3 Å². The molecule has 14 heteroatoms. The van der Waals surface area contributed by atoms with Crippen molar-refractivity contribution < 1.29 is 42.2 Å². The zero-order valence-corrected chi connectivity index (χ0v) is 19.4. The Balaban J connectivity index is 1.72. The highest BCUT2D eigenvalue weighted by Crippen LogP contribution is 2.40. The number of aldehydes is 1. The van der Waals surface area contributed by atoms with Gasteiger partial charge in [-0.15, -0.1) is 11.8 Å². The Kier molecular flexibility index (Phi) is 7.61. The summed E-state index contributed by atoms with van der Waals surface area (Å²) in [5, 5.41) is 13.5. The number of rotatable bonds is 9. The van der Waals surface area contributed by atoms with Crippen LogP contribution in [0, 0.1) is 0 Å². The molecule has 1 fully saturated rings. The summed E-state index contributed by atoms with van der Waals surface area (Å²) < 4.78 is 27.3. The number of thioether (sulfide) groups is 1. The quantitative estimate of drug-likeness (QED) is 0.288. The summed E-state index contributed by atoms with van der Waals surface area (Å²) in [6.07, 6.45) is 0.337. The largest absolute Gasteiger partial charge is 0.477 e. The normalized spacial score (nSPS) is 20.5.